The molecule has 0 nitrogen and oxygen atoms in total. The van der Waals surface area contributed by atoms with Gasteiger partial charge in [0.05, 0.1) is 0 Å². The molecule has 0 amide bonds. The van der Waals surface area contributed by atoms with Crippen LogP contribution in [0.4, 0.5) is 0 Å². The Morgan fingerprint density at radius 1 is 0.587 bits per heavy atom. The normalized spacial score (nSPS) is 22.8. The average molecular weight is 771 g/mol. The average Bonchev–Trinajstić information content (AvgIpc) is 3.62. The first-order valence-corrected chi connectivity index (χ1v) is 28.9. The molecule has 0 radical (unpaired) electrons. The number of benzene rings is 4. The van der Waals surface area contributed by atoms with Gasteiger partial charge in [0, 0.05) is 0 Å². The first kappa shape index (κ1) is 31.8. The maximum atomic E-state index is 2.77. The van der Waals surface area contributed by atoms with Gasteiger partial charge in [-0.05, 0) is 0 Å². The minimum atomic E-state index is -3.10. The molecule has 0 bridgehead atoms. The van der Waals surface area contributed by atoms with Gasteiger partial charge in [-0.3, -0.25) is 0 Å². The van der Waals surface area contributed by atoms with Crippen LogP contribution in [0, 0.1) is 5.41 Å². The van der Waals surface area contributed by atoms with E-state index in [0.29, 0.717) is 7.35 Å². The SMILES string of the molecule is CCCC1(C)C2=Cc3c(-c4ccc(C(C)(C)C)cc4)cccc3[CH]2[Hf]([CH3])([CH3])[CH]2C1=Cc1c(-c3ccc(C(C)(C)C)cc3)cccc12. The van der Waals surface area contributed by atoms with Crippen LogP contribution in [0.5, 0.6) is 0 Å². The molecule has 1 saturated heterocycles. The van der Waals surface area contributed by atoms with Gasteiger partial charge >= 0.3 is 285 Å². The molecule has 7 rings (SSSR count). The van der Waals surface area contributed by atoms with E-state index in [2.05, 4.69) is 162 Å². The van der Waals surface area contributed by atoms with Crippen molar-refractivity contribution in [3.8, 4) is 22.3 Å². The Labute approximate surface area is 283 Å². The number of fused-ring (bicyclic) bond motifs is 6. The molecule has 0 N–H and O–H groups in total. The monoisotopic (exact) mass is 772 g/mol. The van der Waals surface area contributed by atoms with E-state index in [1.807, 2.05) is 0 Å². The van der Waals surface area contributed by atoms with Gasteiger partial charge in [-0.15, -0.1) is 0 Å². The van der Waals surface area contributed by atoms with Crippen LogP contribution in [0.1, 0.15) is 109 Å². The minimum absolute atomic E-state index is 0.0678. The van der Waals surface area contributed by atoms with Gasteiger partial charge in [-0.1, -0.05) is 0 Å². The van der Waals surface area contributed by atoms with Crippen molar-refractivity contribution in [3.05, 3.63) is 129 Å². The van der Waals surface area contributed by atoms with E-state index >= 15 is 0 Å². The van der Waals surface area contributed by atoms with Crippen molar-refractivity contribution in [2.45, 2.75) is 95.8 Å². The van der Waals surface area contributed by atoms with E-state index in [0.717, 1.165) is 0 Å². The Morgan fingerprint density at radius 2 is 0.978 bits per heavy atom. The van der Waals surface area contributed by atoms with Crippen molar-refractivity contribution in [1.29, 1.82) is 0 Å². The van der Waals surface area contributed by atoms with Crippen LogP contribution in [0.15, 0.2) is 96.1 Å². The van der Waals surface area contributed by atoms with Gasteiger partial charge < -0.3 is 0 Å². The Bertz CT molecular complexity index is 1750. The van der Waals surface area contributed by atoms with Crippen molar-refractivity contribution >= 4 is 12.2 Å². The summed E-state index contributed by atoms with van der Waals surface area (Å²) in [7, 11) is 0. The number of hydrogen-bond acceptors (Lipinski definition) is 0. The zero-order chi connectivity index (χ0) is 32.8. The predicted octanol–water partition coefficient (Wildman–Crippen LogP) is 13.3. The van der Waals surface area contributed by atoms with Crippen LogP contribution in [0.2, 0.25) is 9.36 Å². The fourth-order valence-electron chi connectivity index (χ4n) is 9.29. The van der Waals surface area contributed by atoms with Crippen LogP contribution >= 0.6 is 0 Å². The van der Waals surface area contributed by atoms with Crippen molar-refractivity contribution in [3.63, 3.8) is 0 Å². The quantitative estimate of drug-likeness (QED) is 0.181. The fourth-order valence-corrected chi connectivity index (χ4v) is 26.7. The van der Waals surface area contributed by atoms with Gasteiger partial charge in [-0.25, -0.2) is 0 Å². The molecule has 3 aliphatic rings. The van der Waals surface area contributed by atoms with E-state index < -0.39 is 20.0 Å². The Hall–Kier alpha value is -2.77. The molecule has 1 heterocycles. The fraction of sp³-hybridized carbons (Fsp3) is 0.378. The van der Waals surface area contributed by atoms with Crippen LogP contribution < -0.4 is 0 Å². The number of rotatable bonds is 4. The summed E-state index contributed by atoms with van der Waals surface area (Å²) in [5.74, 6) is 0. The molecule has 2 aliphatic carbocycles. The van der Waals surface area contributed by atoms with E-state index in [1.54, 1.807) is 22.3 Å². The summed E-state index contributed by atoms with van der Waals surface area (Å²) >= 11 is -3.10. The van der Waals surface area contributed by atoms with Gasteiger partial charge in [0.25, 0.3) is 0 Å². The second-order valence-corrected chi connectivity index (χ2v) is 34.5. The molecule has 2 atom stereocenters. The molecule has 1 fully saturated rings. The Balaban J connectivity index is 1.38. The molecule has 4 aromatic carbocycles. The number of allylic oxidation sites excluding steroid dienone is 2. The number of hydrogen-bond donors (Lipinski definition) is 0. The van der Waals surface area contributed by atoms with Crippen molar-refractivity contribution in [1.82, 2.24) is 0 Å². The molecular formula is C45H52Hf. The Kier molecular flexibility index (Phi) is 7.52. The van der Waals surface area contributed by atoms with E-state index in [4.69, 9.17) is 0 Å². The molecule has 0 saturated carbocycles. The maximum absolute atomic E-state index is 3.10. The molecule has 0 aromatic heterocycles. The summed E-state index contributed by atoms with van der Waals surface area (Å²) in [6.07, 6.45) is 7.75. The van der Waals surface area contributed by atoms with E-state index in [-0.39, 0.29) is 16.2 Å². The molecule has 46 heavy (non-hydrogen) atoms. The van der Waals surface area contributed by atoms with Crippen molar-refractivity contribution < 1.29 is 20.0 Å². The predicted molar refractivity (Wildman–Crippen MR) is 197 cm³/mol. The first-order chi connectivity index (χ1) is 21.7. The third kappa shape index (κ3) is 4.86. The second kappa shape index (κ2) is 10.9. The second-order valence-electron chi connectivity index (χ2n) is 17.2. The van der Waals surface area contributed by atoms with Gasteiger partial charge in [0.15, 0.2) is 0 Å². The van der Waals surface area contributed by atoms with E-state index in [1.165, 1.54) is 57.3 Å². The van der Waals surface area contributed by atoms with Crippen molar-refractivity contribution in [2.75, 3.05) is 0 Å². The summed E-state index contributed by atoms with van der Waals surface area (Å²) in [5, 5.41) is 0. The third-order valence-electron chi connectivity index (χ3n) is 11.8. The summed E-state index contributed by atoms with van der Waals surface area (Å²) < 4.78 is 6.76. The standard InChI is InChI=1S/C43H46.2CH3.Hf/c1-9-24-43(8,35-25-31-12-10-14-37(39(31)27-35)29-16-20-33(21-17-29)41(2,3)4)36-26-32-13-11-15-38(40(32)28-36)30-18-22-34(23-19-30)42(5,6)7;;;/h10-23,25-28H,9,24H2,1-8H3;2*1H3;. The summed E-state index contributed by atoms with van der Waals surface area (Å²) in [6.45, 7) is 18.8. The molecule has 1 heteroatoms. The summed E-state index contributed by atoms with van der Waals surface area (Å²) in [5.41, 5.74) is 18.3. The third-order valence-corrected chi connectivity index (χ3v) is 26.9. The van der Waals surface area contributed by atoms with E-state index in [9.17, 15) is 0 Å². The van der Waals surface area contributed by atoms with Gasteiger partial charge in [-0.2, -0.15) is 0 Å². The van der Waals surface area contributed by atoms with Gasteiger partial charge in [0.2, 0.25) is 0 Å². The van der Waals surface area contributed by atoms with Crippen molar-refractivity contribution in [2.24, 2.45) is 5.41 Å². The zero-order valence-electron chi connectivity index (χ0n) is 29.8. The molecular weight excluding hydrogens is 719 g/mol. The molecule has 236 valence electrons. The Morgan fingerprint density at radius 3 is 1.33 bits per heavy atom. The zero-order valence-corrected chi connectivity index (χ0v) is 33.4. The van der Waals surface area contributed by atoms with Gasteiger partial charge in [0.1, 0.15) is 0 Å². The topological polar surface area (TPSA) is 0 Å². The first-order valence-electron chi connectivity index (χ1n) is 17.6. The summed E-state index contributed by atoms with van der Waals surface area (Å²) in [4.78, 5) is 0. The summed E-state index contributed by atoms with van der Waals surface area (Å²) in [6, 6.07) is 33.2. The molecule has 2 unspecified atom stereocenters. The molecule has 1 aliphatic heterocycles. The van der Waals surface area contributed by atoms with Crippen LogP contribution in [-0.2, 0) is 30.8 Å². The molecule has 4 aromatic rings. The van der Waals surface area contributed by atoms with Crippen LogP contribution in [0.25, 0.3) is 34.4 Å². The van der Waals surface area contributed by atoms with Crippen LogP contribution in [0.3, 0.4) is 0 Å². The van der Waals surface area contributed by atoms with Crippen LogP contribution in [-0.4, -0.2) is 0 Å². The molecule has 0 spiro atoms.